The monoisotopic (exact) mass is 298 g/mol. The minimum atomic E-state index is -0.390. The van der Waals surface area contributed by atoms with Gasteiger partial charge in [0, 0.05) is 18.7 Å². The number of amides is 1. The quantitative estimate of drug-likeness (QED) is 0.918. The van der Waals surface area contributed by atoms with Gasteiger partial charge in [0.1, 0.15) is 0 Å². The number of nitrogens with one attached hydrogen (secondary N) is 1. The average Bonchev–Trinajstić information content (AvgIpc) is 3.24. The fourth-order valence-corrected chi connectivity index (χ4v) is 2.21. The van der Waals surface area contributed by atoms with E-state index < -0.39 is 0 Å². The number of nitrogens with zero attached hydrogens (tertiary/aromatic N) is 3. The number of carbonyl (C=O) groups is 1. The van der Waals surface area contributed by atoms with Crippen LogP contribution in [0.5, 0.6) is 0 Å². The molecule has 3 rings (SSSR count). The maximum atomic E-state index is 12.0. The first kappa shape index (κ1) is 14.2. The van der Waals surface area contributed by atoms with E-state index in [0.717, 1.165) is 19.4 Å². The van der Waals surface area contributed by atoms with Crippen molar-refractivity contribution in [3.63, 3.8) is 0 Å². The lowest BCUT2D eigenvalue weighted by molar-refractivity contribution is 0.0847. The van der Waals surface area contributed by atoms with Gasteiger partial charge in [-0.25, -0.2) is 0 Å². The summed E-state index contributed by atoms with van der Waals surface area (Å²) in [6, 6.07) is 8.72. The Hall–Kier alpha value is -2.72. The van der Waals surface area contributed by atoms with Gasteiger partial charge in [0.15, 0.2) is 0 Å². The van der Waals surface area contributed by atoms with Gasteiger partial charge >= 0.3 is 0 Å². The molecule has 1 aliphatic heterocycles. The third-order valence-corrected chi connectivity index (χ3v) is 3.40. The Morgan fingerprint density at radius 3 is 2.91 bits per heavy atom. The van der Waals surface area contributed by atoms with Gasteiger partial charge in [-0.3, -0.25) is 4.79 Å². The minimum absolute atomic E-state index is 0.0163. The molecule has 1 aromatic heterocycles. The summed E-state index contributed by atoms with van der Waals surface area (Å²) in [6.07, 6.45) is 2.03. The van der Waals surface area contributed by atoms with Crippen molar-refractivity contribution in [2.75, 3.05) is 13.2 Å². The molecular formula is C15H14N4O3. The number of hydrogen-bond acceptors (Lipinski definition) is 6. The van der Waals surface area contributed by atoms with Crippen LogP contribution in [0.3, 0.4) is 0 Å². The largest absolute Gasteiger partial charge is 0.376 e. The SMILES string of the molecule is N#Cc1ccc(-c2nc(C(=O)NCC3CCCO3)no2)cc1. The maximum Gasteiger partial charge on any atom is 0.292 e. The molecule has 1 fully saturated rings. The van der Waals surface area contributed by atoms with E-state index in [1.807, 2.05) is 6.07 Å². The Balaban J connectivity index is 1.64. The molecule has 7 heteroatoms. The summed E-state index contributed by atoms with van der Waals surface area (Å²) in [5, 5.41) is 15.2. The summed E-state index contributed by atoms with van der Waals surface area (Å²) < 4.78 is 10.5. The van der Waals surface area contributed by atoms with Crippen molar-refractivity contribution < 1.29 is 14.1 Å². The van der Waals surface area contributed by atoms with Gasteiger partial charge in [0.05, 0.1) is 17.7 Å². The molecule has 0 radical (unpaired) electrons. The standard InChI is InChI=1S/C15H14N4O3/c16-8-10-3-5-11(6-4-10)15-18-13(19-22-15)14(20)17-9-12-2-1-7-21-12/h3-6,12H,1-2,7,9H2,(H,17,20). The molecule has 0 spiro atoms. The molecule has 1 aromatic carbocycles. The van der Waals surface area contributed by atoms with E-state index >= 15 is 0 Å². The molecule has 1 atom stereocenters. The normalized spacial score (nSPS) is 17.1. The average molecular weight is 298 g/mol. The highest BCUT2D eigenvalue weighted by Crippen LogP contribution is 2.17. The molecule has 0 bridgehead atoms. The Morgan fingerprint density at radius 2 is 2.23 bits per heavy atom. The maximum absolute atomic E-state index is 12.0. The summed E-state index contributed by atoms with van der Waals surface area (Å²) in [4.78, 5) is 16.0. The van der Waals surface area contributed by atoms with E-state index in [-0.39, 0.29) is 23.7 Å². The lowest BCUT2D eigenvalue weighted by atomic mass is 10.1. The molecule has 1 unspecified atom stereocenters. The van der Waals surface area contributed by atoms with Gasteiger partial charge in [-0.1, -0.05) is 5.16 Å². The molecule has 1 aliphatic rings. The van der Waals surface area contributed by atoms with Gasteiger partial charge < -0.3 is 14.6 Å². The van der Waals surface area contributed by atoms with Crippen molar-refractivity contribution in [2.24, 2.45) is 0 Å². The second-order valence-corrected chi connectivity index (χ2v) is 4.96. The highest BCUT2D eigenvalue weighted by Gasteiger charge is 2.19. The Morgan fingerprint density at radius 1 is 1.41 bits per heavy atom. The molecule has 7 nitrogen and oxygen atoms in total. The third-order valence-electron chi connectivity index (χ3n) is 3.40. The number of ether oxygens (including phenoxy) is 1. The van der Waals surface area contributed by atoms with Crippen molar-refractivity contribution in [1.82, 2.24) is 15.5 Å². The Kier molecular flexibility index (Phi) is 4.12. The first-order valence-corrected chi connectivity index (χ1v) is 7.00. The Bertz CT molecular complexity index is 696. The lowest BCUT2D eigenvalue weighted by Crippen LogP contribution is -2.32. The molecule has 1 N–H and O–H groups in total. The van der Waals surface area contributed by atoms with Crippen LogP contribution in [0, 0.1) is 11.3 Å². The van der Waals surface area contributed by atoms with Crippen molar-refractivity contribution >= 4 is 5.91 Å². The molecular weight excluding hydrogens is 284 g/mol. The van der Waals surface area contributed by atoms with E-state index in [9.17, 15) is 4.79 Å². The third kappa shape index (κ3) is 3.13. The fourth-order valence-electron chi connectivity index (χ4n) is 2.21. The van der Waals surface area contributed by atoms with E-state index in [0.29, 0.717) is 17.7 Å². The van der Waals surface area contributed by atoms with Crippen LogP contribution in [0.4, 0.5) is 0 Å². The van der Waals surface area contributed by atoms with Crippen molar-refractivity contribution in [3.05, 3.63) is 35.7 Å². The highest BCUT2D eigenvalue weighted by atomic mass is 16.5. The van der Waals surface area contributed by atoms with E-state index in [4.69, 9.17) is 14.5 Å². The smallest absolute Gasteiger partial charge is 0.292 e. The molecule has 2 aromatic rings. The molecule has 112 valence electrons. The number of aromatic nitrogens is 2. The zero-order valence-corrected chi connectivity index (χ0v) is 11.8. The summed E-state index contributed by atoms with van der Waals surface area (Å²) in [5.41, 5.74) is 1.20. The molecule has 1 amide bonds. The van der Waals surface area contributed by atoms with Crippen LogP contribution < -0.4 is 5.32 Å². The van der Waals surface area contributed by atoms with Gasteiger partial charge in [-0.2, -0.15) is 10.2 Å². The number of carbonyl (C=O) groups excluding carboxylic acids is 1. The number of rotatable bonds is 4. The highest BCUT2D eigenvalue weighted by molar-refractivity contribution is 5.90. The molecule has 2 heterocycles. The van der Waals surface area contributed by atoms with E-state index in [1.54, 1.807) is 24.3 Å². The first-order valence-electron chi connectivity index (χ1n) is 7.00. The number of benzene rings is 1. The zero-order valence-electron chi connectivity index (χ0n) is 11.8. The van der Waals surface area contributed by atoms with Crippen LogP contribution in [0.1, 0.15) is 29.0 Å². The van der Waals surface area contributed by atoms with Gasteiger partial charge in [0.2, 0.25) is 0 Å². The van der Waals surface area contributed by atoms with Crippen molar-refractivity contribution in [3.8, 4) is 17.5 Å². The number of hydrogen-bond donors (Lipinski definition) is 1. The van der Waals surface area contributed by atoms with Gasteiger partial charge in [0.25, 0.3) is 17.6 Å². The summed E-state index contributed by atoms with van der Waals surface area (Å²) in [7, 11) is 0. The van der Waals surface area contributed by atoms with Crippen LogP contribution in [-0.4, -0.2) is 35.3 Å². The predicted molar refractivity (Wildman–Crippen MR) is 75.8 cm³/mol. The first-order chi connectivity index (χ1) is 10.8. The van der Waals surface area contributed by atoms with Crippen LogP contribution in [-0.2, 0) is 4.74 Å². The van der Waals surface area contributed by atoms with Crippen molar-refractivity contribution in [1.29, 1.82) is 5.26 Å². The second-order valence-electron chi connectivity index (χ2n) is 4.96. The summed E-state index contributed by atoms with van der Waals surface area (Å²) in [5.74, 6) is -0.164. The molecule has 0 aliphatic carbocycles. The molecule has 22 heavy (non-hydrogen) atoms. The summed E-state index contributed by atoms with van der Waals surface area (Å²) >= 11 is 0. The van der Waals surface area contributed by atoms with Crippen LogP contribution in [0.2, 0.25) is 0 Å². The van der Waals surface area contributed by atoms with E-state index in [1.165, 1.54) is 0 Å². The molecule has 1 saturated heterocycles. The van der Waals surface area contributed by atoms with Crippen molar-refractivity contribution in [2.45, 2.75) is 18.9 Å². The minimum Gasteiger partial charge on any atom is -0.376 e. The van der Waals surface area contributed by atoms with E-state index in [2.05, 4.69) is 15.5 Å². The number of nitriles is 1. The predicted octanol–water partition coefficient (Wildman–Crippen LogP) is 1.52. The van der Waals surface area contributed by atoms with Crippen LogP contribution >= 0.6 is 0 Å². The zero-order chi connectivity index (χ0) is 15.4. The summed E-state index contributed by atoms with van der Waals surface area (Å²) in [6.45, 7) is 1.19. The lowest BCUT2D eigenvalue weighted by Gasteiger charge is -2.08. The second kappa shape index (κ2) is 6.37. The Labute approximate surface area is 126 Å². The van der Waals surface area contributed by atoms with Crippen LogP contribution in [0.25, 0.3) is 11.5 Å². The van der Waals surface area contributed by atoms with Crippen LogP contribution in [0.15, 0.2) is 28.8 Å². The van der Waals surface area contributed by atoms with Gasteiger partial charge in [-0.05, 0) is 37.1 Å². The fraction of sp³-hybridized carbons (Fsp3) is 0.333. The van der Waals surface area contributed by atoms with Gasteiger partial charge in [-0.15, -0.1) is 0 Å². The topological polar surface area (TPSA) is 101 Å². The molecule has 0 saturated carbocycles.